The van der Waals surface area contributed by atoms with Crippen LogP contribution >= 0.6 is 0 Å². The van der Waals surface area contributed by atoms with Crippen molar-refractivity contribution in [2.24, 2.45) is 5.41 Å². The van der Waals surface area contributed by atoms with Crippen molar-refractivity contribution in [3.05, 3.63) is 0 Å². The van der Waals surface area contributed by atoms with E-state index in [-0.39, 0.29) is 12.0 Å². The average Bonchev–Trinajstić information content (AvgIpc) is 2.31. The number of nitrogens with one attached hydrogen (secondary N) is 1. The molecule has 78 valence electrons. The Kier molecular flexibility index (Phi) is 3.62. The summed E-state index contributed by atoms with van der Waals surface area (Å²) in [5.74, 6) is 0. The summed E-state index contributed by atoms with van der Waals surface area (Å²) in [6.07, 6.45) is -1.18. The summed E-state index contributed by atoms with van der Waals surface area (Å²) in [6.45, 7) is 4.59. The van der Waals surface area contributed by atoms with E-state index >= 15 is 0 Å². The van der Waals surface area contributed by atoms with Crippen molar-refractivity contribution < 1.29 is 8.78 Å². The molecule has 0 aromatic rings. The Morgan fingerprint density at radius 1 is 1.54 bits per heavy atom. The largest absolute Gasteiger partial charge is 0.319 e. The second kappa shape index (κ2) is 4.33. The second-order valence-electron chi connectivity index (χ2n) is 4.22. The second-order valence-corrected chi connectivity index (χ2v) is 4.22. The highest BCUT2D eigenvalue weighted by molar-refractivity contribution is 4.87. The van der Waals surface area contributed by atoms with Crippen LogP contribution in [0.4, 0.5) is 8.78 Å². The van der Waals surface area contributed by atoms with Gasteiger partial charge in [0.2, 0.25) is 0 Å². The molecule has 13 heavy (non-hydrogen) atoms. The monoisotopic (exact) mass is 192 g/mol. The lowest BCUT2D eigenvalue weighted by Crippen LogP contribution is -2.34. The first-order valence-electron chi connectivity index (χ1n) is 4.71. The first-order chi connectivity index (χ1) is 6.06. The zero-order chi connectivity index (χ0) is 9.90. The summed E-state index contributed by atoms with van der Waals surface area (Å²) in [5.41, 5.74) is 0.184. The molecule has 0 spiro atoms. The topological polar surface area (TPSA) is 15.3 Å². The van der Waals surface area contributed by atoms with Gasteiger partial charge < -0.3 is 5.32 Å². The van der Waals surface area contributed by atoms with Gasteiger partial charge in [0.25, 0.3) is 6.43 Å². The Bertz CT molecular complexity index is 164. The van der Waals surface area contributed by atoms with E-state index in [1.54, 1.807) is 0 Å². The molecule has 1 saturated heterocycles. The standard InChI is InChI=1S/C9H18F2N2/c1-9(6-12-2)3-4-13(7-9)5-8(10)11/h8,12H,3-7H2,1-2H3. The van der Waals surface area contributed by atoms with Crippen molar-refractivity contribution in [2.45, 2.75) is 19.8 Å². The first kappa shape index (κ1) is 10.9. The van der Waals surface area contributed by atoms with Crippen LogP contribution in [0.25, 0.3) is 0 Å². The van der Waals surface area contributed by atoms with Crippen molar-refractivity contribution in [1.82, 2.24) is 10.2 Å². The summed E-state index contributed by atoms with van der Waals surface area (Å²) in [5, 5.41) is 3.11. The summed E-state index contributed by atoms with van der Waals surface area (Å²) < 4.78 is 24.1. The minimum absolute atomic E-state index is 0.0701. The predicted molar refractivity (Wildman–Crippen MR) is 49.1 cm³/mol. The maximum Gasteiger partial charge on any atom is 0.251 e. The van der Waals surface area contributed by atoms with Crippen LogP contribution in [0.15, 0.2) is 0 Å². The number of hydrogen-bond donors (Lipinski definition) is 1. The molecule has 4 heteroatoms. The summed E-state index contributed by atoms with van der Waals surface area (Å²) >= 11 is 0. The average molecular weight is 192 g/mol. The molecule has 1 aliphatic rings. The summed E-state index contributed by atoms with van der Waals surface area (Å²) in [6, 6.07) is 0. The molecule has 0 bridgehead atoms. The molecule has 0 amide bonds. The number of halogens is 2. The van der Waals surface area contributed by atoms with E-state index in [1.165, 1.54) is 0 Å². The lowest BCUT2D eigenvalue weighted by Gasteiger charge is -2.24. The normalized spacial score (nSPS) is 30.2. The zero-order valence-electron chi connectivity index (χ0n) is 8.32. The van der Waals surface area contributed by atoms with Gasteiger partial charge in [0.05, 0.1) is 6.54 Å². The molecule has 1 aliphatic heterocycles. The molecule has 1 unspecified atom stereocenters. The third kappa shape index (κ3) is 3.19. The van der Waals surface area contributed by atoms with Gasteiger partial charge in [-0.1, -0.05) is 6.92 Å². The SMILES string of the molecule is CNCC1(C)CCN(CC(F)F)C1. The van der Waals surface area contributed by atoms with E-state index in [1.807, 2.05) is 11.9 Å². The van der Waals surface area contributed by atoms with E-state index in [0.717, 1.165) is 26.1 Å². The highest BCUT2D eigenvalue weighted by atomic mass is 19.3. The van der Waals surface area contributed by atoms with Crippen molar-refractivity contribution in [3.63, 3.8) is 0 Å². The molecule has 0 aliphatic carbocycles. The van der Waals surface area contributed by atoms with Crippen LogP contribution in [0, 0.1) is 5.41 Å². The number of rotatable bonds is 4. The molecule has 1 heterocycles. The molecule has 1 atom stereocenters. The Balaban J connectivity index is 2.34. The molecule has 0 radical (unpaired) electrons. The van der Waals surface area contributed by atoms with Crippen molar-refractivity contribution in [2.75, 3.05) is 33.2 Å². The van der Waals surface area contributed by atoms with Crippen LogP contribution < -0.4 is 5.32 Å². The number of hydrogen-bond acceptors (Lipinski definition) is 2. The molecule has 1 fully saturated rings. The molecular weight excluding hydrogens is 174 g/mol. The van der Waals surface area contributed by atoms with Gasteiger partial charge in [-0.3, -0.25) is 4.90 Å². The van der Waals surface area contributed by atoms with Crippen LogP contribution in [0.3, 0.4) is 0 Å². The highest BCUT2D eigenvalue weighted by Gasteiger charge is 2.33. The van der Waals surface area contributed by atoms with Crippen LogP contribution in [0.5, 0.6) is 0 Å². The quantitative estimate of drug-likeness (QED) is 0.719. The number of likely N-dealkylation sites (tertiary alicyclic amines) is 1. The smallest absolute Gasteiger partial charge is 0.251 e. The fourth-order valence-corrected chi connectivity index (χ4v) is 2.05. The third-order valence-corrected chi connectivity index (χ3v) is 2.64. The third-order valence-electron chi connectivity index (χ3n) is 2.64. The molecule has 1 rings (SSSR count). The maximum absolute atomic E-state index is 12.1. The van der Waals surface area contributed by atoms with E-state index < -0.39 is 6.43 Å². The van der Waals surface area contributed by atoms with Gasteiger partial charge in [-0.15, -0.1) is 0 Å². The number of alkyl halides is 2. The van der Waals surface area contributed by atoms with Gasteiger partial charge in [0.15, 0.2) is 0 Å². The van der Waals surface area contributed by atoms with Gasteiger partial charge in [0.1, 0.15) is 0 Å². The van der Waals surface area contributed by atoms with E-state index in [4.69, 9.17) is 0 Å². The van der Waals surface area contributed by atoms with Crippen LogP contribution in [-0.4, -0.2) is 44.6 Å². The molecular formula is C9H18F2N2. The highest BCUT2D eigenvalue weighted by Crippen LogP contribution is 2.29. The Labute approximate surface area is 78.3 Å². The van der Waals surface area contributed by atoms with Crippen LogP contribution in [0.1, 0.15) is 13.3 Å². The minimum atomic E-state index is -2.20. The van der Waals surface area contributed by atoms with Gasteiger partial charge in [-0.2, -0.15) is 0 Å². The lowest BCUT2D eigenvalue weighted by molar-refractivity contribution is 0.0944. The first-order valence-corrected chi connectivity index (χ1v) is 4.71. The fraction of sp³-hybridized carbons (Fsp3) is 1.00. The van der Waals surface area contributed by atoms with E-state index in [0.29, 0.717) is 0 Å². The zero-order valence-corrected chi connectivity index (χ0v) is 8.32. The molecule has 0 saturated carbocycles. The maximum atomic E-state index is 12.1. The van der Waals surface area contributed by atoms with E-state index in [9.17, 15) is 8.78 Å². The van der Waals surface area contributed by atoms with Gasteiger partial charge in [-0.05, 0) is 25.4 Å². The van der Waals surface area contributed by atoms with Gasteiger partial charge in [0, 0.05) is 13.1 Å². The molecule has 0 aromatic heterocycles. The Hall–Kier alpha value is -0.220. The number of nitrogens with zero attached hydrogens (tertiary/aromatic N) is 1. The van der Waals surface area contributed by atoms with Crippen molar-refractivity contribution in [3.8, 4) is 0 Å². The Morgan fingerprint density at radius 2 is 2.23 bits per heavy atom. The van der Waals surface area contributed by atoms with Gasteiger partial charge in [-0.25, -0.2) is 8.78 Å². The van der Waals surface area contributed by atoms with Gasteiger partial charge >= 0.3 is 0 Å². The molecule has 0 aromatic carbocycles. The van der Waals surface area contributed by atoms with Crippen molar-refractivity contribution >= 4 is 0 Å². The van der Waals surface area contributed by atoms with E-state index in [2.05, 4.69) is 12.2 Å². The molecule has 2 nitrogen and oxygen atoms in total. The lowest BCUT2D eigenvalue weighted by atomic mass is 9.90. The Morgan fingerprint density at radius 3 is 2.77 bits per heavy atom. The van der Waals surface area contributed by atoms with Crippen LogP contribution in [-0.2, 0) is 0 Å². The van der Waals surface area contributed by atoms with Crippen LogP contribution in [0.2, 0.25) is 0 Å². The fourth-order valence-electron chi connectivity index (χ4n) is 2.05. The predicted octanol–water partition coefficient (Wildman–Crippen LogP) is 1.18. The summed E-state index contributed by atoms with van der Waals surface area (Å²) in [7, 11) is 1.90. The molecule has 1 N–H and O–H groups in total. The van der Waals surface area contributed by atoms with Crippen molar-refractivity contribution in [1.29, 1.82) is 0 Å². The summed E-state index contributed by atoms with van der Waals surface area (Å²) in [4.78, 5) is 1.85. The minimum Gasteiger partial charge on any atom is -0.319 e.